The lowest BCUT2D eigenvalue weighted by Gasteiger charge is -2.23. The van der Waals surface area contributed by atoms with Gasteiger partial charge < -0.3 is 13.9 Å². The molecule has 0 aliphatic carbocycles. The van der Waals surface area contributed by atoms with Crippen molar-refractivity contribution < 1.29 is 18.7 Å². The van der Waals surface area contributed by atoms with Gasteiger partial charge in [0, 0.05) is 11.6 Å². The monoisotopic (exact) mass is 448 g/mol. The van der Waals surface area contributed by atoms with E-state index in [0.29, 0.717) is 45.3 Å². The van der Waals surface area contributed by atoms with Crippen LogP contribution in [0.1, 0.15) is 41.1 Å². The van der Waals surface area contributed by atoms with Gasteiger partial charge in [-0.15, -0.1) is 11.3 Å². The van der Waals surface area contributed by atoms with Crippen LogP contribution in [0.4, 0.5) is 5.13 Å². The molecule has 0 spiro atoms. The number of benzene rings is 2. The molecular weight excluding hydrogens is 428 g/mol. The van der Waals surface area contributed by atoms with Gasteiger partial charge >= 0.3 is 0 Å². The van der Waals surface area contributed by atoms with Gasteiger partial charge in [0.1, 0.15) is 5.58 Å². The zero-order valence-corrected chi connectivity index (χ0v) is 18.3. The number of para-hydroxylation sites is 1. The first-order valence-electron chi connectivity index (χ1n) is 10.2. The predicted molar refractivity (Wildman–Crippen MR) is 122 cm³/mol. The second kappa shape index (κ2) is 8.12. The molecule has 3 heterocycles. The van der Waals surface area contributed by atoms with Crippen LogP contribution < -0.4 is 19.8 Å². The van der Waals surface area contributed by atoms with Crippen molar-refractivity contribution in [1.82, 2.24) is 4.98 Å². The van der Waals surface area contributed by atoms with E-state index in [-0.39, 0.29) is 11.2 Å². The van der Waals surface area contributed by atoms with E-state index in [0.717, 1.165) is 6.42 Å². The summed E-state index contributed by atoms with van der Waals surface area (Å²) in [6, 6.07) is 11.7. The summed E-state index contributed by atoms with van der Waals surface area (Å²) >= 11 is 1.32. The molecule has 1 unspecified atom stereocenters. The summed E-state index contributed by atoms with van der Waals surface area (Å²) in [4.78, 5) is 32.8. The van der Waals surface area contributed by atoms with Gasteiger partial charge in [-0.05, 0) is 36.2 Å². The quantitative estimate of drug-likeness (QED) is 0.422. The van der Waals surface area contributed by atoms with E-state index in [1.807, 2.05) is 13.0 Å². The summed E-state index contributed by atoms with van der Waals surface area (Å²) < 4.78 is 17.3. The first-order valence-corrected chi connectivity index (χ1v) is 11.1. The third-order valence-electron chi connectivity index (χ3n) is 5.37. The van der Waals surface area contributed by atoms with Gasteiger partial charge in [0.05, 0.1) is 30.7 Å². The highest BCUT2D eigenvalue weighted by Gasteiger charge is 2.45. The second-order valence-electron chi connectivity index (χ2n) is 7.32. The normalized spacial score (nSPS) is 15.2. The molecule has 0 bridgehead atoms. The third kappa shape index (κ3) is 3.15. The molecule has 162 valence electrons. The van der Waals surface area contributed by atoms with Crippen LogP contribution in [-0.4, -0.2) is 24.6 Å². The first kappa shape index (κ1) is 20.3. The molecule has 8 heteroatoms. The maximum atomic E-state index is 13.5. The van der Waals surface area contributed by atoms with Crippen molar-refractivity contribution in [1.29, 1.82) is 0 Å². The molecule has 0 saturated carbocycles. The highest BCUT2D eigenvalue weighted by Crippen LogP contribution is 2.43. The highest BCUT2D eigenvalue weighted by atomic mass is 32.1. The number of carbonyl (C=O) groups is 1. The molecule has 1 atom stereocenters. The van der Waals surface area contributed by atoms with Crippen LogP contribution >= 0.6 is 11.3 Å². The Labute approximate surface area is 187 Å². The van der Waals surface area contributed by atoms with E-state index in [2.05, 4.69) is 4.98 Å². The summed E-state index contributed by atoms with van der Waals surface area (Å²) in [7, 11) is 1.56. The Bertz CT molecular complexity index is 1360. The van der Waals surface area contributed by atoms with Gasteiger partial charge in [-0.2, -0.15) is 0 Å². The van der Waals surface area contributed by atoms with E-state index in [1.54, 1.807) is 55.1 Å². The molecule has 7 nitrogen and oxygen atoms in total. The van der Waals surface area contributed by atoms with Crippen LogP contribution in [0, 0.1) is 0 Å². The van der Waals surface area contributed by atoms with E-state index >= 15 is 0 Å². The molecule has 4 aromatic rings. The standard InChI is InChI=1S/C24H20N2O5S/c1-3-11-30-17-9-8-14(13-18(17)29-2)20-19-21(27)15-6-4-5-7-16(15)31-22(19)23(28)26(20)24-25-10-12-32-24/h4-10,12-13,20H,3,11H2,1-2H3. The average molecular weight is 449 g/mol. The number of methoxy groups -OCH3 is 1. The minimum atomic E-state index is -0.696. The fourth-order valence-electron chi connectivity index (χ4n) is 3.95. The van der Waals surface area contributed by atoms with Gasteiger partial charge in [0.25, 0.3) is 5.91 Å². The molecule has 2 aromatic carbocycles. The van der Waals surface area contributed by atoms with Crippen LogP contribution in [-0.2, 0) is 0 Å². The van der Waals surface area contributed by atoms with Crippen molar-refractivity contribution in [3.8, 4) is 11.5 Å². The van der Waals surface area contributed by atoms with Gasteiger partial charge in [0.2, 0.25) is 5.76 Å². The number of fused-ring (bicyclic) bond motifs is 2. The Balaban J connectivity index is 1.73. The number of rotatable bonds is 6. The molecular formula is C24H20N2O5S. The Kier molecular flexibility index (Phi) is 5.14. The number of carbonyl (C=O) groups excluding carboxylic acids is 1. The van der Waals surface area contributed by atoms with E-state index in [4.69, 9.17) is 13.9 Å². The van der Waals surface area contributed by atoms with E-state index in [1.165, 1.54) is 16.2 Å². The SMILES string of the molecule is CCCOc1ccc(C2c3c(oc4ccccc4c3=O)C(=O)N2c2nccs2)cc1OC. The smallest absolute Gasteiger partial charge is 0.297 e. The molecule has 0 radical (unpaired) electrons. The predicted octanol–water partition coefficient (Wildman–Crippen LogP) is 4.80. The first-order chi connectivity index (χ1) is 15.6. The Hall–Kier alpha value is -3.65. The average Bonchev–Trinajstić information content (AvgIpc) is 3.44. The topological polar surface area (TPSA) is 81.9 Å². The van der Waals surface area contributed by atoms with Crippen LogP contribution in [0.2, 0.25) is 0 Å². The summed E-state index contributed by atoms with van der Waals surface area (Å²) in [6.45, 7) is 2.58. The van der Waals surface area contributed by atoms with E-state index in [9.17, 15) is 9.59 Å². The number of amides is 1. The molecule has 2 aromatic heterocycles. The van der Waals surface area contributed by atoms with Crippen LogP contribution in [0.15, 0.2) is 63.3 Å². The summed E-state index contributed by atoms with van der Waals surface area (Å²) in [5.41, 5.74) is 1.15. The number of aromatic nitrogens is 1. The van der Waals surface area contributed by atoms with Crippen molar-refractivity contribution in [3.63, 3.8) is 0 Å². The maximum absolute atomic E-state index is 13.5. The number of ether oxygens (including phenoxy) is 2. The summed E-state index contributed by atoms with van der Waals surface area (Å²) in [5, 5.41) is 2.71. The molecule has 1 aliphatic rings. The van der Waals surface area contributed by atoms with Crippen molar-refractivity contribution in [2.24, 2.45) is 0 Å². The molecule has 1 aliphatic heterocycles. The Morgan fingerprint density at radius 1 is 1.16 bits per heavy atom. The second-order valence-corrected chi connectivity index (χ2v) is 8.19. The van der Waals surface area contributed by atoms with Crippen molar-refractivity contribution in [3.05, 3.63) is 81.2 Å². The number of hydrogen-bond donors (Lipinski definition) is 0. The highest BCUT2D eigenvalue weighted by molar-refractivity contribution is 7.13. The minimum absolute atomic E-state index is 0.0409. The maximum Gasteiger partial charge on any atom is 0.297 e. The van der Waals surface area contributed by atoms with Gasteiger partial charge in [-0.1, -0.05) is 25.1 Å². The fourth-order valence-corrected chi connectivity index (χ4v) is 4.62. The van der Waals surface area contributed by atoms with Crippen molar-refractivity contribution >= 4 is 33.3 Å². The molecule has 32 heavy (non-hydrogen) atoms. The Morgan fingerprint density at radius 2 is 2.00 bits per heavy atom. The number of anilines is 1. The molecule has 1 amide bonds. The lowest BCUT2D eigenvalue weighted by atomic mass is 9.98. The third-order valence-corrected chi connectivity index (χ3v) is 6.14. The number of hydrogen-bond acceptors (Lipinski definition) is 7. The number of thiazole rings is 1. The Morgan fingerprint density at radius 3 is 2.75 bits per heavy atom. The van der Waals surface area contributed by atoms with Crippen molar-refractivity contribution in [2.75, 3.05) is 18.6 Å². The summed E-state index contributed by atoms with van der Waals surface area (Å²) in [5.74, 6) is 0.780. The largest absolute Gasteiger partial charge is 0.493 e. The molecule has 0 N–H and O–H groups in total. The molecule has 0 saturated heterocycles. The fraction of sp³-hybridized carbons (Fsp3) is 0.208. The van der Waals surface area contributed by atoms with Gasteiger partial charge in [-0.25, -0.2) is 4.98 Å². The van der Waals surface area contributed by atoms with Crippen LogP contribution in [0.3, 0.4) is 0 Å². The van der Waals surface area contributed by atoms with Crippen LogP contribution in [0.5, 0.6) is 11.5 Å². The van der Waals surface area contributed by atoms with E-state index < -0.39 is 11.9 Å². The summed E-state index contributed by atoms with van der Waals surface area (Å²) in [6.07, 6.45) is 2.49. The molecule has 5 rings (SSSR count). The lowest BCUT2D eigenvalue weighted by molar-refractivity contribution is 0.0971. The zero-order chi connectivity index (χ0) is 22.2. The van der Waals surface area contributed by atoms with Gasteiger partial charge in [-0.3, -0.25) is 14.5 Å². The number of nitrogens with zero attached hydrogens (tertiary/aromatic N) is 2. The van der Waals surface area contributed by atoms with Gasteiger partial charge in [0.15, 0.2) is 22.1 Å². The molecule has 0 fully saturated rings. The zero-order valence-electron chi connectivity index (χ0n) is 17.5. The van der Waals surface area contributed by atoms with Crippen LogP contribution in [0.25, 0.3) is 11.0 Å². The minimum Gasteiger partial charge on any atom is -0.493 e. The lowest BCUT2D eigenvalue weighted by Crippen LogP contribution is -2.29. The van der Waals surface area contributed by atoms with Crippen molar-refractivity contribution in [2.45, 2.75) is 19.4 Å².